The number of aryl methyl sites for hydroxylation is 1. The molecule has 2 spiro atoms. The number of fused-ring (bicyclic) bond motifs is 3. The van der Waals surface area contributed by atoms with Gasteiger partial charge in [-0.1, -0.05) is 12.8 Å². The maximum atomic E-state index is 13.2. The summed E-state index contributed by atoms with van der Waals surface area (Å²) >= 11 is 0. The predicted octanol–water partition coefficient (Wildman–Crippen LogP) is 2.72. The van der Waals surface area contributed by atoms with Crippen molar-refractivity contribution in [3.8, 4) is 0 Å². The Bertz CT molecular complexity index is 904. The van der Waals surface area contributed by atoms with Crippen LogP contribution in [0, 0.1) is 0 Å². The lowest BCUT2D eigenvalue weighted by Gasteiger charge is -2.36. The van der Waals surface area contributed by atoms with Gasteiger partial charge >= 0.3 is 0 Å². The quantitative estimate of drug-likeness (QED) is 0.552. The van der Waals surface area contributed by atoms with E-state index in [1.54, 1.807) is 6.21 Å². The number of hydrazone groups is 1. The average molecular weight is 460 g/mol. The smallest absolute Gasteiger partial charge is 0.272 e. The van der Waals surface area contributed by atoms with Crippen LogP contribution in [0.25, 0.3) is 0 Å². The van der Waals surface area contributed by atoms with Gasteiger partial charge in [-0.15, -0.1) is 0 Å². The van der Waals surface area contributed by atoms with Gasteiger partial charge in [-0.2, -0.15) is 5.10 Å². The molecular formula is C24H33N3O6. The highest BCUT2D eigenvalue weighted by Gasteiger charge is 2.65. The van der Waals surface area contributed by atoms with Gasteiger partial charge in [-0.05, 0) is 37.8 Å². The number of ether oxygens (including phenoxy) is 5. The molecule has 1 amide bonds. The lowest BCUT2D eigenvalue weighted by Crippen LogP contribution is -2.59. The van der Waals surface area contributed by atoms with E-state index in [0.29, 0.717) is 0 Å². The summed E-state index contributed by atoms with van der Waals surface area (Å²) in [6.45, 7) is 0. The molecule has 180 valence electrons. The molecule has 2 saturated carbocycles. The number of amides is 1. The normalized spacial score (nSPS) is 36.8. The van der Waals surface area contributed by atoms with Crippen LogP contribution < -0.4 is 5.43 Å². The Balaban J connectivity index is 1.23. The number of carbonyl (C=O) groups is 1. The minimum Gasteiger partial charge on any atom is -0.350 e. The van der Waals surface area contributed by atoms with Crippen LogP contribution in [-0.2, 0) is 35.5 Å². The van der Waals surface area contributed by atoms with Crippen LogP contribution in [0.3, 0.4) is 0 Å². The molecule has 1 N–H and O–H groups in total. The van der Waals surface area contributed by atoms with E-state index in [4.69, 9.17) is 23.7 Å². The number of carbonyl (C=O) groups excluding carboxylic acids is 1. The first kappa shape index (κ1) is 21.7. The molecule has 33 heavy (non-hydrogen) atoms. The fourth-order valence-corrected chi connectivity index (χ4v) is 6.00. The van der Waals surface area contributed by atoms with Gasteiger partial charge in [-0.3, -0.25) is 4.79 Å². The zero-order chi connectivity index (χ0) is 22.5. The maximum Gasteiger partial charge on any atom is 0.272 e. The number of aromatic nitrogens is 1. The molecule has 5 aliphatic rings. The Morgan fingerprint density at radius 3 is 2.27 bits per heavy atom. The molecule has 3 saturated heterocycles. The molecule has 3 aliphatic heterocycles. The van der Waals surface area contributed by atoms with Crippen LogP contribution in [0.15, 0.2) is 23.4 Å². The first-order chi connectivity index (χ1) is 16.1. The van der Waals surface area contributed by atoms with Crippen LogP contribution in [0.1, 0.15) is 69.9 Å². The zero-order valence-electron chi connectivity index (χ0n) is 19.1. The molecule has 0 unspecified atom stereocenters. The zero-order valence-corrected chi connectivity index (χ0v) is 19.1. The molecule has 1 aromatic heterocycles. The van der Waals surface area contributed by atoms with Crippen molar-refractivity contribution in [3.63, 3.8) is 0 Å². The second-order valence-corrected chi connectivity index (χ2v) is 10.0. The van der Waals surface area contributed by atoms with Gasteiger partial charge in [0.15, 0.2) is 24.0 Å². The monoisotopic (exact) mass is 459 g/mol. The Labute approximate surface area is 193 Å². The Morgan fingerprint density at radius 2 is 1.61 bits per heavy atom. The molecule has 5 fully saturated rings. The first-order valence-electron chi connectivity index (χ1n) is 12.4. The summed E-state index contributed by atoms with van der Waals surface area (Å²) in [5, 5.41) is 4.14. The molecular weight excluding hydrogens is 426 g/mol. The van der Waals surface area contributed by atoms with E-state index in [0.717, 1.165) is 57.1 Å². The fraction of sp³-hybridized carbons (Fsp3) is 0.750. The van der Waals surface area contributed by atoms with Gasteiger partial charge in [0.1, 0.15) is 18.3 Å². The second kappa shape index (κ2) is 8.46. The van der Waals surface area contributed by atoms with E-state index in [9.17, 15) is 4.79 Å². The molecule has 0 radical (unpaired) electrons. The molecule has 9 heteroatoms. The standard InChI is InChI=1S/C24H33N3O6/c1-27-14-8-9-16(27)15-25-26-21(28)19-17-18(31-23(30-17)10-4-2-5-11-23)20-22(29-19)33-24(32-20)12-6-3-7-13-24/h8-9,14-15,17-20,22H,2-7,10-13H2,1H3,(H,26,28)/b25-15+/t17-,18-,19+,20+,22+/m0/s1. The van der Waals surface area contributed by atoms with Gasteiger partial charge in [0, 0.05) is 38.9 Å². The van der Waals surface area contributed by atoms with Gasteiger partial charge in [0.05, 0.1) is 11.9 Å². The highest BCUT2D eigenvalue weighted by atomic mass is 16.9. The summed E-state index contributed by atoms with van der Waals surface area (Å²) in [6, 6.07) is 3.84. The van der Waals surface area contributed by atoms with E-state index in [1.165, 1.54) is 12.8 Å². The number of hydrogen-bond donors (Lipinski definition) is 1. The van der Waals surface area contributed by atoms with Crippen molar-refractivity contribution >= 4 is 12.1 Å². The minimum absolute atomic E-state index is 0.362. The van der Waals surface area contributed by atoms with Crippen molar-refractivity contribution in [1.82, 2.24) is 9.99 Å². The van der Waals surface area contributed by atoms with E-state index in [2.05, 4.69) is 10.5 Å². The van der Waals surface area contributed by atoms with Crippen LogP contribution >= 0.6 is 0 Å². The lowest BCUT2D eigenvalue weighted by molar-refractivity contribution is -0.247. The molecule has 2 aliphatic carbocycles. The molecule has 5 atom stereocenters. The average Bonchev–Trinajstić information content (AvgIpc) is 3.49. The third-order valence-electron chi connectivity index (χ3n) is 7.72. The summed E-state index contributed by atoms with van der Waals surface area (Å²) in [6.07, 6.45) is 10.5. The molecule has 6 rings (SSSR count). The van der Waals surface area contributed by atoms with Gasteiger partial charge < -0.3 is 28.3 Å². The number of rotatable bonds is 3. The van der Waals surface area contributed by atoms with Crippen molar-refractivity contribution in [2.24, 2.45) is 12.1 Å². The molecule has 1 aromatic rings. The van der Waals surface area contributed by atoms with E-state index in [1.807, 2.05) is 29.9 Å². The van der Waals surface area contributed by atoms with Crippen LogP contribution in [0.4, 0.5) is 0 Å². The van der Waals surface area contributed by atoms with Crippen molar-refractivity contribution in [1.29, 1.82) is 0 Å². The Hall–Kier alpha value is -1.78. The van der Waals surface area contributed by atoms with Crippen LogP contribution in [0.2, 0.25) is 0 Å². The highest BCUT2D eigenvalue weighted by molar-refractivity contribution is 5.84. The Kier molecular flexibility index (Phi) is 5.57. The van der Waals surface area contributed by atoms with Crippen LogP contribution in [0.5, 0.6) is 0 Å². The molecule has 0 aromatic carbocycles. The molecule has 0 bridgehead atoms. The highest BCUT2D eigenvalue weighted by Crippen LogP contribution is 2.50. The second-order valence-electron chi connectivity index (χ2n) is 10.0. The summed E-state index contributed by atoms with van der Waals surface area (Å²) in [7, 11) is 1.92. The third-order valence-corrected chi connectivity index (χ3v) is 7.72. The minimum atomic E-state index is -0.884. The molecule has 9 nitrogen and oxygen atoms in total. The summed E-state index contributed by atoms with van der Waals surface area (Å²) in [5.41, 5.74) is 3.51. The van der Waals surface area contributed by atoms with E-state index in [-0.39, 0.29) is 5.91 Å². The summed E-state index contributed by atoms with van der Waals surface area (Å²) in [5.74, 6) is -1.67. The van der Waals surface area contributed by atoms with E-state index >= 15 is 0 Å². The van der Waals surface area contributed by atoms with Crippen LogP contribution in [-0.4, -0.2) is 59.0 Å². The lowest BCUT2D eigenvalue weighted by atomic mass is 9.94. The largest absolute Gasteiger partial charge is 0.350 e. The van der Waals surface area contributed by atoms with Crippen molar-refractivity contribution < 1.29 is 28.5 Å². The maximum absolute atomic E-state index is 13.2. The predicted molar refractivity (Wildman–Crippen MR) is 117 cm³/mol. The number of hydrogen-bond acceptors (Lipinski definition) is 7. The van der Waals surface area contributed by atoms with E-state index < -0.39 is 42.3 Å². The summed E-state index contributed by atoms with van der Waals surface area (Å²) < 4.78 is 34.0. The Morgan fingerprint density at radius 1 is 0.970 bits per heavy atom. The van der Waals surface area contributed by atoms with Crippen molar-refractivity contribution in [3.05, 3.63) is 24.0 Å². The topological polar surface area (TPSA) is 92.5 Å². The molecule has 4 heterocycles. The number of nitrogens with one attached hydrogen (secondary N) is 1. The first-order valence-corrected chi connectivity index (χ1v) is 12.4. The van der Waals surface area contributed by atoms with Gasteiger partial charge in [-0.25, -0.2) is 5.43 Å². The SMILES string of the molecule is Cn1cccc1/C=N/NC(=O)[C@@H]1O[C@@H]2OC3(CCCCC3)O[C@@H]2[C@H]2OC3(CCCCC3)O[C@@H]21. The van der Waals surface area contributed by atoms with Crippen molar-refractivity contribution in [2.75, 3.05) is 0 Å². The van der Waals surface area contributed by atoms with Crippen molar-refractivity contribution in [2.45, 2.75) is 106 Å². The third kappa shape index (κ3) is 3.93. The number of nitrogens with zero attached hydrogens (tertiary/aromatic N) is 2. The summed E-state index contributed by atoms with van der Waals surface area (Å²) in [4.78, 5) is 13.2. The van der Waals surface area contributed by atoms with Gasteiger partial charge in [0.2, 0.25) is 0 Å². The fourth-order valence-electron chi connectivity index (χ4n) is 6.00. The van der Waals surface area contributed by atoms with Gasteiger partial charge in [0.25, 0.3) is 5.91 Å².